The van der Waals surface area contributed by atoms with Crippen molar-refractivity contribution in [2.45, 2.75) is 6.92 Å². The van der Waals surface area contributed by atoms with Crippen molar-refractivity contribution in [3.63, 3.8) is 0 Å². The predicted molar refractivity (Wildman–Crippen MR) is 219 cm³/mol. The van der Waals surface area contributed by atoms with Crippen molar-refractivity contribution in [1.82, 2.24) is 0 Å². The molecule has 9 rings (SSSR count). The van der Waals surface area contributed by atoms with Crippen molar-refractivity contribution >= 4 is 62.1 Å². The lowest BCUT2D eigenvalue weighted by Gasteiger charge is -2.27. The third-order valence-electron chi connectivity index (χ3n) is 9.75. The Morgan fingerprint density at radius 3 is 1.69 bits per heavy atom. The highest BCUT2D eigenvalue weighted by Crippen LogP contribution is 2.42. The topological polar surface area (TPSA) is 29.5 Å². The molecule has 0 saturated carbocycles. The van der Waals surface area contributed by atoms with Gasteiger partial charge in [0.25, 0.3) is 0 Å². The van der Waals surface area contributed by atoms with Gasteiger partial charge in [-0.25, -0.2) is 0 Å². The van der Waals surface area contributed by atoms with Crippen LogP contribution < -0.4 is 4.90 Å². The van der Waals surface area contributed by atoms with Crippen LogP contribution in [0.4, 0.5) is 17.1 Å². The number of rotatable bonds is 8. The number of allylic oxidation sites excluding steroid dienone is 1. The largest absolute Gasteiger partial charge is 0.456 e. The summed E-state index contributed by atoms with van der Waals surface area (Å²) in [5, 5.41) is 3.27. The van der Waals surface area contributed by atoms with E-state index in [0.29, 0.717) is 0 Å². The first-order chi connectivity index (χ1) is 25.7. The molecule has 2 aromatic heterocycles. The van der Waals surface area contributed by atoms with E-state index in [1.165, 1.54) is 11.1 Å². The van der Waals surface area contributed by atoms with Crippen molar-refractivity contribution in [1.29, 1.82) is 0 Å². The smallest absolute Gasteiger partial charge is 0.136 e. The Bertz CT molecular complexity index is 2750. The average molecular weight is 670 g/mol. The van der Waals surface area contributed by atoms with Crippen LogP contribution in [-0.2, 0) is 0 Å². The van der Waals surface area contributed by atoms with Crippen LogP contribution in [-0.4, -0.2) is 0 Å². The molecule has 0 fully saturated rings. The van der Waals surface area contributed by atoms with Crippen LogP contribution >= 0.6 is 0 Å². The number of furan rings is 2. The quantitative estimate of drug-likeness (QED) is 0.161. The Balaban J connectivity index is 1.24. The van der Waals surface area contributed by atoms with Crippen molar-refractivity contribution in [3.05, 3.63) is 188 Å². The van der Waals surface area contributed by atoms with E-state index >= 15 is 0 Å². The minimum absolute atomic E-state index is 0.812. The molecular weight excluding hydrogens is 635 g/mol. The van der Waals surface area contributed by atoms with E-state index < -0.39 is 0 Å². The van der Waals surface area contributed by atoms with Gasteiger partial charge in [0.15, 0.2) is 0 Å². The molecule has 0 bridgehead atoms. The highest BCUT2D eigenvalue weighted by atomic mass is 16.3. The number of anilines is 3. The van der Waals surface area contributed by atoms with Crippen LogP contribution in [0.25, 0.3) is 78.4 Å². The fourth-order valence-corrected chi connectivity index (χ4v) is 7.24. The molecule has 2 heterocycles. The monoisotopic (exact) mass is 669 g/mol. The van der Waals surface area contributed by atoms with Crippen molar-refractivity contribution < 1.29 is 8.83 Å². The maximum absolute atomic E-state index is 6.37. The Morgan fingerprint density at radius 2 is 1.00 bits per heavy atom. The molecule has 0 atom stereocenters. The van der Waals surface area contributed by atoms with Gasteiger partial charge in [-0.2, -0.15) is 0 Å². The molecule has 0 aliphatic rings. The first kappa shape index (κ1) is 31.2. The van der Waals surface area contributed by atoms with Crippen LogP contribution in [0.15, 0.2) is 185 Å². The SMILES string of the molecule is C=Cc1c(/C=C\C)oc2cc(-c3cc(-c4ccc5c(c4)oc4ccccc45)cc(N(c4ccccc4)c4ccc(-c5ccccc5)cc4)c3)ccc12. The molecule has 3 heteroatoms. The van der Waals surface area contributed by atoms with Crippen LogP contribution in [0.1, 0.15) is 18.2 Å². The third-order valence-corrected chi connectivity index (χ3v) is 9.75. The number of para-hydroxylation sites is 2. The summed E-state index contributed by atoms with van der Waals surface area (Å²) >= 11 is 0. The van der Waals surface area contributed by atoms with E-state index in [1.54, 1.807) is 0 Å². The fourth-order valence-electron chi connectivity index (χ4n) is 7.24. The lowest BCUT2D eigenvalue weighted by atomic mass is 9.95. The minimum Gasteiger partial charge on any atom is -0.456 e. The summed E-state index contributed by atoms with van der Waals surface area (Å²) in [6.07, 6.45) is 5.85. The highest BCUT2D eigenvalue weighted by molar-refractivity contribution is 6.06. The van der Waals surface area contributed by atoms with Crippen LogP contribution in [0.2, 0.25) is 0 Å². The third kappa shape index (κ3) is 5.59. The lowest BCUT2D eigenvalue weighted by Crippen LogP contribution is -2.10. The van der Waals surface area contributed by atoms with Gasteiger partial charge in [-0.15, -0.1) is 0 Å². The Morgan fingerprint density at radius 1 is 0.442 bits per heavy atom. The molecule has 0 unspecified atom stereocenters. The molecule has 0 spiro atoms. The van der Waals surface area contributed by atoms with E-state index in [4.69, 9.17) is 8.83 Å². The molecule has 0 radical (unpaired) electrons. The summed E-state index contributed by atoms with van der Waals surface area (Å²) in [5.41, 5.74) is 13.4. The number of fused-ring (bicyclic) bond motifs is 4. The zero-order chi connectivity index (χ0) is 35.0. The average Bonchev–Trinajstić information content (AvgIpc) is 3.75. The van der Waals surface area contributed by atoms with E-state index in [0.717, 1.165) is 83.5 Å². The maximum Gasteiger partial charge on any atom is 0.136 e. The molecule has 248 valence electrons. The van der Waals surface area contributed by atoms with Gasteiger partial charge in [0.05, 0.1) is 0 Å². The molecule has 0 saturated heterocycles. The number of hydrogen-bond donors (Lipinski definition) is 0. The molecule has 0 aliphatic carbocycles. The van der Waals surface area contributed by atoms with Crippen molar-refractivity contribution in [2.75, 3.05) is 4.90 Å². The van der Waals surface area contributed by atoms with Gasteiger partial charge in [0.1, 0.15) is 22.5 Å². The summed E-state index contributed by atoms with van der Waals surface area (Å²) in [5.74, 6) is 0.812. The molecule has 0 N–H and O–H groups in total. The highest BCUT2D eigenvalue weighted by Gasteiger charge is 2.18. The molecule has 0 aliphatic heterocycles. The van der Waals surface area contributed by atoms with Gasteiger partial charge in [-0.1, -0.05) is 110 Å². The van der Waals surface area contributed by atoms with Crippen LogP contribution in [0.5, 0.6) is 0 Å². The van der Waals surface area contributed by atoms with Gasteiger partial charge in [0, 0.05) is 38.8 Å². The summed E-state index contributed by atoms with van der Waals surface area (Å²) in [4.78, 5) is 2.33. The normalized spacial score (nSPS) is 11.6. The standard InChI is InChI=1S/C49H35NO2/c1-3-13-46-42(4-2)44-26-22-35(31-48(44)51-46)37-28-38(36-23-27-45-43-18-11-12-19-47(43)52-49(45)32-36)30-41(29-37)50(39-16-9-6-10-17-39)40-24-20-34(21-25-40)33-14-7-5-8-15-33/h3-32H,2H2,1H3/b13-3-. The minimum atomic E-state index is 0.812. The van der Waals surface area contributed by atoms with Gasteiger partial charge in [-0.3, -0.25) is 0 Å². The van der Waals surface area contributed by atoms with Crippen molar-refractivity contribution in [2.24, 2.45) is 0 Å². The lowest BCUT2D eigenvalue weighted by molar-refractivity contribution is 0.603. The van der Waals surface area contributed by atoms with E-state index in [-0.39, 0.29) is 0 Å². The van der Waals surface area contributed by atoms with Gasteiger partial charge >= 0.3 is 0 Å². The molecule has 9 aromatic rings. The van der Waals surface area contributed by atoms with Crippen LogP contribution in [0.3, 0.4) is 0 Å². The summed E-state index contributed by atoms with van der Waals surface area (Å²) in [6, 6.07) is 57.9. The van der Waals surface area contributed by atoms with Gasteiger partial charge in [0.2, 0.25) is 0 Å². The second-order valence-electron chi connectivity index (χ2n) is 13.0. The van der Waals surface area contributed by atoms with Gasteiger partial charge in [-0.05, 0) is 119 Å². The molecule has 52 heavy (non-hydrogen) atoms. The first-order valence-corrected chi connectivity index (χ1v) is 17.6. The number of nitrogens with zero attached hydrogens (tertiary/aromatic N) is 1. The Hall–Kier alpha value is -6.84. The second-order valence-corrected chi connectivity index (χ2v) is 13.0. The zero-order valence-corrected chi connectivity index (χ0v) is 28.8. The molecule has 7 aromatic carbocycles. The van der Waals surface area contributed by atoms with E-state index in [1.807, 2.05) is 37.3 Å². The first-order valence-electron chi connectivity index (χ1n) is 17.6. The Kier molecular flexibility index (Phi) is 7.87. The molecule has 0 amide bonds. The van der Waals surface area contributed by atoms with Crippen molar-refractivity contribution in [3.8, 4) is 33.4 Å². The molecular formula is C49H35NO2. The number of hydrogen-bond acceptors (Lipinski definition) is 3. The molecule has 3 nitrogen and oxygen atoms in total. The van der Waals surface area contributed by atoms with Gasteiger partial charge < -0.3 is 13.7 Å². The fraction of sp³-hybridized carbons (Fsp3) is 0.0204. The summed E-state index contributed by atoms with van der Waals surface area (Å²) in [7, 11) is 0. The summed E-state index contributed by atoms with van der Waals surface area (Å²) in [6.45, 7) is 6.06. The predicted octanol–water partition coefficient (Wildman–Crippen LogP) is 14.5. The second kappa shape index (κ2) is 13.1. The number of benzene rings is 7. The van der Waals surface area contributed by atoms with Crippen LogP contribution in [0, 0.1) is 0 Å². The maximum atomic E-state index is 6.37. The zero-order valence-electron chi connectivity index (χ0n) is 28.8. The van der Waals surface area contributed by atoms with E-state index in [9.17, 15) is 0 Å². The Labute approximate surface area is 303 Å². The van der Waals surface area contributed by atoms with E-state index in [2.05, 4.69) is 163 Å². The summed E-state index contributed by atoms with van der Waals surface area (Å²) < 4.78 is 12.7.